The lowest BCUT2D eigenvalue weighted by atomic mass is 10.0. The fourth-order valence-corrected chi connectivity index (χ4v) is 3.49. The normalized spacial score (nSPS) is 13.8. The number of halogens is 1. The summed E-state index contributed by atoms with van der Waals surface area (Å²) in [7, 11) is 0. The van der Waals surface area contributed by atoms with E-state index in [1.54, 1.807) is 12.1 Å². The number of aromatic nitrogens is 1. The van der Waals surface area contributed by atoms with Crippen LogP contribution in [0.25, 0.3) is 11.3 Å². The molecule has 0 aliphatic carbocycles. The number of nitrogens with zero attached hydrogens (tertiary/aromatic N) is 1. The number of aromatic amines is 1. The van der Waals surface area contributed by atoms with Crippen molar-refractivity contribution in [3.63, 3.8) is 0 Å². The van der Waals surface area contributed by atoms with E-state index >= 15 is 0 Å². The molecule has 3 N–H and O–H groups in total. The second kappa shape index (κ2) is 5.84. The van der Waals surface area contributed by atoms with Gasteiger partial charge >= 0.3 is 0 Å². The van der Waals surface area contributed by atoms with Crippen molar-refractivity contribution in [1.29, 1.82) is 0 Å². The van der Waals surface area contributed by atoms with Crippen LogP contribution in [0.2, 0.25) is 0 Å². The summed E-state index contributed by atoms with van der Waals surface area (Å²) in [5, 5.41) is 19.8. The minimum Gasteiger partial charge on any atom is -0.508 e. The maximum atomic E-state index is 14.1. The SMILES string of the molecule is Cc1ccc(O)cc1N1CCc2[nH]c(-c3c(O)cccc3F)cc2C1. The predicted molar refractivity (Wildman–Crippen MR) is 95.4 cm³/mol. The zero-order chi connectivity index (χ0) is 17.6. The van der Waals surface area contributed by atoms with Crippen molar-refractivity contribution < 1.29 is 14.6 Å². The third-order valence-electron chi connectivity index (χ3n) is 4.78. The Morgan fingerprint density at radius 2 is 1.96 bits per heavy atom. The summed E-state index contributed by atoms with van der Waals surface area (Å²) in [6.45, 7) is 3.50. The second-order valence-electron chi connectivity index (χ2n) is 6.46. The average Bonchev–Trinajstić information content (AvgIpc) is 2.99. The van der Waals surface area contributed by atoms with Gasteiger partial charge in [-0.05, 0) is 42.3 Å². The van der Waals surface area contributed by atoms with E-state index in [2.05, 4.69) is 9.88 Å². The molecule has 0 unspecified atom stereocenters. The summed E-state index contributed by atoms with van der Waals surface area (Å²) >= 11 is 0. The van der Waals surface area contributed by atoms with Crippen molar-refractivity contribution in [2.75, 3.05) is 11.4 Å². The van der Waals surface area contributed by atoms with Crippen molar-refractivity contribution in [2.45, 2.75) is 19.9 Å². The summed E-state index contributed by atoms with van der Waals surface area (Å²) in [5.41, 5.74) is 5.04. The Morgan fingerprint density at radius 1 is 1.12 bits per heavy atom. The van der Waals surface area contributed by atoms with Crippen LogP contribution < -0.4 is 4.90 Å². The van der Waals surface area contributed by atoms with Gasteiger partial charge in [0.15, 0.2) is 0 Å². The van der Waals surface area contributed by atoms with Crippen molar-refractivity contribution in [3.05, 3.63) is 65.1 Å². The largest absolute Gasteiger partial charge is 0.508 e. The molecule has 0 saturated carbocycles. The molecule has 1 aromatic heterocycles. The summed E-state index contributed by atoms with van der Waals surface area (Å²) in [5.74, 6) is -0.268. The van der Waals surface area contributed by atoms with Gasteiger partial charge in [-0.2, -0.15) is 0 Å². The number of hydrogen-bond donors (Lipinski definition) is 3. The monoisotopic (exact) mass is 338 g/mol. The minimum absolute atomic E-state index is 0.0701. The number of nitrogens with one attached hydrogen (secondary N) is 1. The molecule has 2 aromatic carbocycles. The van der Waals surface area contributed by atoms with Crippen LogP contribution in [0, 0.1) is 12.7 Å². The van der Waals surface area contributed by atoms with Gasteiger partial charge in [-0.25, -0.2) is 4.39 Å². The predicted octanol–water partition coefficient (Wildman–Crippen LogP) is 4.10. The smallest absolute Gasteiger partial charge is 0.136 e. The van der Waals surface area contributed by atoms with E-state index in [1.165, 1.54) is 18.2 Å². The van der Waals surface area contributed by atoms with Gasteiger partial charge in [0, 0.05) is 37.0 Å². The van der Waals surface area contributed by atoms with E-state index in [0.29, 0.717) is 12.2 Å². The number of hydrogen-bond acceptors (Lipinski definition) is 3. The Labute approximate surface area is 145 Å². The van der Waals surface area contributed by atoms with Gasteiger partial charge < -0.3 is 20.1 Å². The minimum atomic E-state index is -0.445. The van der Waals surface area contributed by atoms with E-state index in [1.807, 2.05) is 19.1 Å². The standard InChI is InChI=1S/C20H19FN2O2/c1-12-5-6-14(24)10-18(12)23-8-7-16-13(11-23)9-17(22-16)20-15(21)3-2-4-19(20)25/h2-6,9-10,22,24-25H,7-8,11H2,1H3. The first-order valence-corrected chi connectivity index (χ1v) is 8.26. The third kappa shape index (κ3) is 2.71. The van der Waals surface area contributed by atoms with Crippen LogP contribution in [0.5, 0.6) is 11.5 Å². The molecule has 0 amide bonds. The van der Waals surface area contributed by atoms with Gasteiger partial charge in [-0.15, -0.1) is 0 Å². The summed E-state index contributed by atoms with van der Waals surface area (Å²) in [6.07, 6.45) is 0.791. The second-order valence-corrected chi connectivity index (χ2v) is 6.46. The van der Waals surface area contributed by atoms with E-state index < -0.39 is 5.82 Å². The number of benzene rings is 2. The Kier molecular flexibility index (Phi) is 3.64. The molecule has 0 radical (unpaired) electrons. The number of anilines is 1. The number of fused-ring (bicyclic) bond motifs is 1. The molecule has 3 aromatic rings. The van der Waals surface area contributed by atoms with Crippen LogP contribution in [0.3, 0.4) is 0 Å². The van der Waals surface area contributed by atoms with Gasteiger partial charge in [0.2, 0.25) is 0 Å². The first-order chi connectivity index (χ1) is 12.0. The lowest BCUT2D eigenvalue weighted by molar-refractivity contribution is 0.471. The molecule has 0 spiro atoms. The number of phenolic OH excluding ortho intramolecular Hbond substituents is 2. The van der Waals surface area contributed by atoms with Crippen LogP contribution >= 0.6 is 0 Å². The quantitative estimate of drug-likeness (QED) is 0.659. The van der Waals surface area contributed by atoms with Crippen molar-refractivity contribution in [1.82, 2.24) is 4.98 Å². The van der Waals surface area contributed by atoms with E-state index in [-0.39, 0.29) is 17.1 Å². The third-order valence-corrected chi connectivity index (χ3v) is 4.78. The van der Waals surface area contributed by atoms with Crippen LogP contribution in [0.1, 0.15) is 16.8 Å². The van der Waals surface area contributed by atoms with Gasteiger partial charge in [-0.3, -0.25) is 0 Å². The lowest BCUT2D eigenvalue weighted by Crippen LogP contribution is -2.30. The van der Waals surface area contributed by atoms with Crippen LogP contribution in [-0.4, -0.2) is 21.7 Å². The fraction of sp³-hybridized carbons (Fsp3) is 0.200. The summed E-state index contributed by atoms with van der Waals surface area (Å²) in [4.78, 5) is 5.46. The number of phenols is 2. The molecule has 4 rings (SSSR count). The van der Waals surface area contributed by atoms with Crippen LogP contribution in [0.4, 0.5) is 10.1 Å². The number of aromatic hydroxyl groups is 2. The molecule has 128 valence electrons. The van der Waals surface area contributed by atoms with Gasteiger partial charge in [0.1, 0.15) is 17.3 Å². The highest BCUT2D eigenvalue weighted by atomic mass is 19.1. The molecule has 4 nitrogen and oxygen atoms in total. The Morgan fingerprint density at radius 3 is 2.76 bits per heavy atom. The highest BCUT2D eigenvalue weighted by Crippen LogP contribution is 2.35. The molecular formula is C20H19FN2O2. The molecule has 5 heteroatoms. The summed E-state index contributed by atoms with van der Waals surface area (Å²) < 4.78 is 14.1. The molecule has 0 bridgehead atoms. The Bertz CT molecular complexity index is 929. The molecule has 25 heavy (non-hydrogen) atoms. The molecule has 0 saturated heterocycles. The molecule has 0 atom stereocenters. The molecular weight excluding hydrogens is 319 g/mol. The Balaban J connectivity index is 1.69. The molecule has 1 aliphatic rings. The number of rotatable bonds is 2. The first kappa shape index (κ1) is 15.6. The van der Waals surface area contributed by atoms with Gasteiger partial charge in [-0.1, -0.05) is 12.1 Å². The van der Waals surface area contributed by atoms with Crippen molar-refractivity contribution >= 4 is 5.69 Å². The van der Waals surface area contributed by atoms with Crippen LogP contribution in [-0.2, 0) is 13.0 Å². The number of H-pyrrole nitrogens is 1. The van der Waals surface area contributed by atoms with Crippen molar-refractivity contribution in [3.8, 4) is 22.8 Å². The highest BCUT2D eigenvalue weighted by Gasteiger charge is 2.22. The topological polar surface area (TPSA) is 59.5 Å². The highest BCUT2D eigenvalue weighted by molar-refractivity contribution is 5.69. The lowest BCUT2D eigenvalue weighted by Gasteiger charge is -2.30. The number of aryl methyl sites for hydroxylation is 1. The fourth-order valence-electron chi connectivity index (χ4n) is 3.49. The van der Waals surface area contributed by atoms with E-state index in [4.69, 9.17) is 0 Å². The van der Waals surface area contributed by atoms with Gasteiger partial charge in [0.05, 0.1) is 11.3 Å². The van der Waals surface area contributed by atoms with Crippen molar-refractivity contribution in [2.24, 2.45) is 0 Å². The maximum absolute atomic E-state index is 14.1. The maximum Gasteiger partial charge on any atom is 0.136 e. The average molecular weight is 338 g/mol. The Hall–Kier alpha value is -2.95. The molecule has 2 heterocycles. The van der Waals surface area contributed by atoms with Gasteiger partial charge in [0.25, 0.3) is 0 Å². The molecule has 1 aliphatic heterocycles. The zero-order valence-electron chi connectivity index (χ0n) is 13.9. The summed E-state index contributed by atoms with van der Waals surface area (Å²) in [6, 6.07) is 11.6. The van der Waals surface area contributed by atoms with Crippen LogP contribution in [0.15, 0.2) is 42.5 Å². The first-order valence-electron chi connectivity index (χ1n) is 8.26. The molecule has 0 fully saturated rings. The zero-order valence-corrected chi connectivity index (χ0v) is 13.9. The van der Waals surface area contributed by atoms with E-state index in [9.17, 15) is 14.6 Å². The van der Waals surface area contributed by atoms with E-state index in [0.717, 1.165) is 35.5 Å².